The van der Waals surface area contributed by atoms with Crippen molar-refractivity contribution in [3.63, 3.8) is 0 Å². The molecule has 0 aromatic rings. The smallest absolute Gasteiger partial charge is 0.429 e. The molecule has 0 saturated heterocycles. The van der Waals surface area contributed by atoms with E-state index < -0.39 is 0 Å². The maximum atomic E-state index is 8.30. The Hall–Kier alpha value is -0.0951. The van der Waals surface area contributed by atoms with Crippen molar-refractivity contribution in [2.75, 3.05) is 13.2 Å². The fourth-order valence-corrected chi connectivity index (χ4v) is 0.577. The summed E-state index contributed by atoms with van der Waals surface area (Å²) in [6.07, 6.45) is 3.83. The first kappa shape index (κ1) is 13.5. The van der Waals surface area contributed by atoms with Crippen molar-refractivity contribution in [2.45, 2.75) is 25.7 Å². The summed E-state index contributed by atoms with van der Waals surface area (Å²) in [5, 5.41) is 30.6. The van der Waals surface area contributed by atoms with E-state index >= 15 is 0 Å². The third kappa shape index (κ3) is 25.7. The molecule has 0 fully saturated rings. The Bertz CT molecular complexity index is 47.8. The van der Waals surface area contributed by atoms with Crippen LogP contribution in [-0.2, 0) is 0 Å². The van der Waals surface area contributed by atoms with Crippen LogP contribution in [0, 0.1) is 0 Å². The lowest BCUT2D eigenvalue weighted by Gasteiger charge is -1.93. The number of unbranched alkanes of at least 4 members (excludes halogenated alkanes) is 3. The number of aliphatic hydroxyl groups is 2. The molecule has 1 radical (unpaired) electrons. The Labute approximate surface area is 67.8 Å². The van der Waals surface area contributed by atoms with Crippen LogP contribution in [0.1, 0.15) is 25.7 Å². The van der Waals surface area contributed by atoms with E-state index in [0.29, 0.717) is 0 Å². The molecular formula is C6H16BO4. The van der Waals surface area contributed by atoms with Crippen LogP contribution in [0.4, 0.5) is 0 Å². The molecule has 0 spiro atoms. The molecule has 11 heavy (non-hydrogen) atoms. The van der Waals surface area contributed by atoms with Crippen molar-refractivity contribution >= 4 is 7.69 Å². The number of aliphatic hydroxyl groups excluding tert-OH is 2. The molecule has 0 atom stereocenters. The first-order valence-corrected chi connectivity index (χ1v) is 3.65. The van der Waals surface area contributed by atoms with Gasteiger partial charge in [-0.1, -0.05) is 12.8 Å². The average Bonchev–Trinajstić information content (AvgIpc) is 2.00. The Kier molecular flexibility index (Phi) is 20.2. The lowest BCUT2D eigenvalue weighted by Crippen LogP contribution is -1.85. The summed E-state index contributed by atoms with van der Waals surface area (Å²) in [4.78, 5) is 0. The van der Waals surface area contributed by atoms with E-state index in [0.717, 1.165) is 25.7 Å². The van der Waals surface area contributed by atoms with E-state index in [4.69, 9.17) is 20.3 Å². The number of hydrogen-bond donors (Lipinski definition) is 4. The van der Waals surface area contributed by atoms with Gasteiger partial charge in [-0.25, -0.2) is 0 Å². The molecule has 0 amide bonds. The third-order valence-corrected chi connectivity index (χ3v) is 1.07. The van der Waals surface area contributed by atoms with Gasteiger partial charge in [-0.2, -0.15) is 0 Å². The lowest BCUT2D eigenvalue weighted by molar-refractivity contribution is 0.265. The molecule has 0 heterocycles. The molecule has 0 unspecified atom stereocenters. The number of hydrogen-bond acceptors (Lipinski definition) is 4. The van der Waals surface area contributed by atoms with Gasteiger partial charge >= 0.3 is 7.69 Å². The molecule has 4 nitrogen and oxygen atoms in total. The van der Waals surface area contributed by atoms with Gasteiger partial charge in [0.1, 0.15) is 0 Å². The second-order valence-electron chi connectivity index (χ2n) is 1.98. The fraction of sp³-hybridized carbons (Fsp3) is 1.00. The van der Waals surface area contributed by atoms with Gasteiger partial charge in [-0.05, 0) is 12.8 Å². The lowest BCUT2D eigenvalue weighted by atomic mass is 10.2. The normalized spacial score (nSPS) is 8.36. The summed E-state index contributed by atoms with van der Waals surface area (Å²) in [6.45, 7) is 0.566. The van der Waals surface area contributed by atoms with Crippen LogP contribution in [0.15, 0.2) is 0 Å². The highest BCUT2D eigenvalue weighted by atomic mass is 16.4. The maximum Gasteiger partial charge on any atom is 0.482 e. The monoisotopic (exact) mass is 163 g/mol. The molecule has 0 rings (SSSR count). The molecule has 0 aromatic carbocycles. The predicted molar refractivity (Wildman–Crippen MR) is 42.8 cm³/mol. The fourth-order valence-electron chi connectivity index (χ4n) is 0.577. The summed E-state index contributed by atoms with van der Waals surface area (Å²) in [7, 11) is 0. The minimum absolute atomic E-state index is 0. The highest BCUT2D eigenvalue weighted by molar-refractivity contribution is 6.13. The van der Waals surface area contributed by atoms with Crippen LogP contribution in [0.25, 0.3) is 0 Å². The molecule has 67 valence electrons. The van der Waals surface area contributed by atoms with Crippen molar-refractivity contribution in [3.8, 4) is 0 Å². The molecule has 0 aliphatic rings. The second kappa shape index (κ2) is 16.5. The van der Waals surface area contributed by atoms with Gasteiger partial charge in [0.05, 0.1) is 0 Å². The van der Waals surface area contributed by atoms with Crippen molar-refractivity contribution in [1.29, 1.82) is 0 Å². The van der Waals surface area contributed by atoms with Crippen LogP contribution < -0.4 is 0 Å². The first-order valence-electron chi connectivity index (χ1n) is 3.65. The van der Waals surface area contributed by atoms with Crippen LogP contribution in [0.2, 0.25) is 0 Å². The minimum Gasteiger partial charge on any atom is -0.429 e. The van der Waals surface area contributed by atoms with Gasteiger partial charge in [0, 0.05) is 13.2 Å². The Balaban J connectivity index is 0. The number of rotatable bonds is 5. The van der Waals surface area contributed by atoms with Gasteiger partial charge in [0.25, 0.3) is 0 Å². The van der Waals surface area contributed by atoms with Crippen molar-refractivity contribution in [2.24, 2.45) is 0 Å². The molecule has 0 aliphatic carbocycles. The second-order valence-corrected chi connectivity index (χ2v) is 1.98. The summed E-state index contributed by atoms with van der Waals surface area (Å²) < 4.78 is 0. The zero-order valence-electron chi connectivity index (χ0n) is 6.61. The van der Waals surface area contributed by atoms with Crippen LogP contribution in [0.3, 0.4) is 0 Å². The minimum atomic E-state index is 0. The van der Waals surface area contributed by atoms with Gasteiger partial charge in [-0.3, -0.25) is 0 Å². The van der Waals surface area contributed by atoms with Crippen molar-refractivity contribution in [1.82, 2.24) is 0 Å². The largest absolute Gasteiger partial charge is 0.482 e. The van der Waals surface area contributed by atoms with E-state index in [1.165, 1.54) is 0 Å². The SMILES string of the molecule is OCCCCCCO.O[B]O. The van der Waals surface area contributed by atoms with Gasteiger partial charge < -0.3 is 20.3 Å². The molecule has 0 bridgehead atoms. The summed E-state index contributed by atoms with van der Waals surface area (Å²) >= 11 is 0. The first-order chi connectivity index (χ1) is 5.33. The topological polar surface area (TPSA) is 80.9 Å². The highest BCUT2D eigenvalue weighted by Crippen LogP contribution is 1.96. The van der Waals surface area contributed by atoms with Crippen LogP contribution in [-0.4, -0.2) is 41.2 Å². The molecule has 0 saturated carbocycles. The van der Waals surface area contributed by atoms with E-state index in [9.17, 15) is 0 Å². The molecule has 4 N–H and O–H groups in total. The van der Waals surface area contributed by atoms with Crippen LogP contribution in [0.5, 0.6) is 0 Å². The van der Waals surface area contributed by atoms with E-state index in [-0.39, 0.29) is 20.9 Å². The molecule has 0 aromatic heterocycles. The standard InChI is InChI=1S/C6H14O2.BH2O2/c7-5-3-1-2-4-6-8;2-1-3/h7-8H,1-6H2;2-3H. The Morgan fingerprint density at radius 3 is 1.18 bits per heavy atom. The Morgan fingerprint density at radius 1 is 0.727 bits per heavy atom. The summed E-state index contributed by atoms with van der Waals surface area (Å²) in [5.74, 6) is 0. The zero-order chi connectivity index (χ0) is 8.95. The van der Waals surface area contributed by atoms with Gasteiger partial charge in [0.15, 0.2) is 0 Å². The molecular weight excluding hydrogens is 147 g/mol. The average molecular weight is 163 g/mol. The summed E-state index contributed by atoms with van der Waals surface area (Å²) in [6, 6.07) is 0. The van der Waals surface area contributed by atoms with Crippen molar-refractivity contribution < 1.29 is 20.3 Å². The molecule has 0 aliphatic heterocycles. The Morgan fingerprint density at radius 2 is 1.00 bits per heavy atom. The quantitative estimate of drug-likeness (QED) is 0.310. The third-order valence-electron chi connectivity index (χ3n) is 1.07. The van der Waals surface area contributed by atoms with Gasteiger partial charge in [-0.15, -0.1) is 0 Å². The summed E-state index contributed by atoms with van der Waals surface area (Å²) in [5.41, 5.74) is 0. The van der Waals surface area contributed by atoms with Crippen LogP contribution >= 0.6 is 0 Å². The molecule has 5 heteroatoms. The zero-order valence-corrected chi connectivity index (χ0v) is 6.61. The maximum absolute atomic E-state index is 8.30. The van der Waals surface area contributed by atoms with E-state index in [1.54, 1.807) is 0 Å². The van der Waals surface area contributed by atoms with Crippen molar-refractivity contribution in [3.05, 3.63) is 0 Å². The van der Waals surface area contributed by atoms with E-state index in [2.05, 4.69) is 0 Å². The van der Waals surface area contributed by atoms with Gasteiger partial charge in [0.2, 0.25) is 0 Å². The van der Waals surface area contributed by atoms with E-state index in [1.807, 2.05) is 0 Å². The highest BCUT2D eigenvalue weighted by Gasteiger charge is 1.84. The predicted octanol–water partition coefficient (Wildman–Crippen LogP) is -0.963.